The summed E-state index contributed by atoms with van der Waals surface area (Å²) < 4.78 is 42.3. The molecule has 0 aliphatic carbocycles. The predicted molar refractivity (Wildman–Crippen MR) is 141 cm³/mol. The Hall–Kier alpha value is -3.47. The van der Waals surface area contributed by atoms with Crippen molar-refractivity contribution in [3.63, 3.8) is 0 Å². The maximum atomic E-state index is 13.3. The van der Waals surface area contributed by atoms with E-state index in [0.29, 0.717) is 30.3 Å². The molecular weight excluding hydrogens is 498 g/mol. The minimum absolute atomic E-state index is 0.109. The van der Waals surface area contributed by atoms with Crippen molar-refractivity contribution in [2.24, 2.45) is 4.99 Å². The molecule has 1 amide bonds. The molecule has 4 aromatic rings. The molecule has 0 spiro atoms. The fraction of sp³-hybridized carbons (Fsp3) is 0.231. The van der Waals surface area contributed by atoms with E-state index < -0.39 is 15.9 Å². The molecule has 4 rings (SSSR count). The molecule has 0 aliphatic rings. The molecule has 188 valence electrons. The molecule has 0 unspecified atom stereocenters. The van der Waals surface area contributed by atoms with Gasteiger partial charge in [-0.15, -0.1) is 0 Å². The van der Waals surface area contributed by atoms with E-state index >= 15 is 0 Å². The zero-order chi connectivity index (χ0) is 25.7. The number of hydrogen-bond donors (Lipinski definition) is 1. The number of anilines is 1. The smallest absolute Gasteiger partial charge is 0.281 e. The summed E-state index contributed by atoms with van der Waals surface area (Å²) in [5.74, 6) is 0.135. The minimum Gasteiger partial charge on any atom is -0.492 e. The number of nitrogens with one attached hydrogen (secondary N) is 1. The molecule has 0 saturated heterocycles. The number of nitrogens with zero attached hydrogens (tertiary/aromatic N) is 2. The fourth-order valence-electron chi connectivity index (χ4n) is 3.67. The van der Waals surface area contributed by atoms with Crippen LogP contribution >= 0.6 is 11.3 Å². The number of benzene rings is 3. The number of ether oxygens (including phenoxy) is 2. The highest BCUT2D eigenvalue weighted by Crippen LogP contribution is 2.28. The normalized spacial score (nSPS) is 12.1. The summed E-state index contributed by atoms with van der Waals surface area (Å²) >= 11 is 1.36. The number of sulfonamides is 1. The number of methoxy groups -OCH3 is 1. The Morgan fingerprint density at radius 1 is 1.06 bits per heavy atom. The van der Waals surface area contributed by atoms with Crippen molar-refractivity contribution in [1.82, 2.24) is 4.57 Å². The Bertz CT molecular complexity index is 1550. The third kappa shape index (κ3) is 5.51. The maximum Gasteiger partial charge on any atom is 0.281 e. The first-order chi connectivity index (χ1) is 17.3. The predicted octanol–water partition coefficient (Wildman–Crippen LogP) is 4.60. The molecule has 8 nitrogen and oxygen atoms in total. The van der Waals surface area contributed by atoms with E-state index in [1.165, 1.54) is 23.5 Å². The molecule has 1 heterocycles. The standard InChI is InChI=1S/C26H27N3O5S2/c1-4-34-22-10-7-11-23-24(22)29(16-17-33-3)26(35-23)27-25(30)20-8-5-6-9-21(20)28-36(31,32)19-14-12-18(2)13-15-19/h5-15,28H,4,16-17H2,1-3H3. The van der Waals surface area contributed by atoms with Gasteiger partial charge in [0.05, 0.1) is 34.1 Å². The van der Waals surface area contributed by atoms with Crippen LogP contribution in [0.5, 0.6) is 5.75 Å². The summed E-state index contributed by atoms with van der Waals surface area (Å²) in [5.41, 5.74) is 2.09. The van der Waals surface area contributed by atoms with Crippen LogP contribution in [0.25, 0.3) is 10.2 Å². The van der Waals surface area contributed by atoms with Crippen LogP contribution in [0.15, 0.2) is 76.6 Å². The van der Waals surface area contributed by atoms with E-state index in [1.54, 1.807) is 43.5 Å². The summed E-state index contributed by atoms with van der Waals surface area (Å²) in [6.07, 6.45) is 0. The Kier molecular flexibility index (Phi) is 7.88. The van der Waals surface area contributed by atoms with Crippen LogP contribution in [0.2, 0.25) is 0 Å². The van der Waals surface area contributed by atoms with Crippen LogP contribution in [0.4, 0.5) is 5.69 Å². The molecule has 1 aromatic heterocycles. The first-order valence-corrected chi connectivity index (χ1v) is 13.7. The summed E-state index contributed by atoms with van der Waals surface area (Å²) in [4.78, 5) is 18.3. The van der Waals surface area contributed by atoms with Crippen LogP contribution in [-0.2, 0) is 21.3 Å². The van der Waals surface area contributed by atoms with Crippen LogP contribution in [0, 0.1) is 6.92 Å². The number of amides is 1. The number of hydrogen-bond acceptors (Lipinski definition) is 6. The van der Waals surface area contributed by atoms with Crippen molar-refractivity contribution >= 4 is 43.2 Å². The fourth-order valence-corrected chi connectivity index (χ4v) is 5.82. The lowest BCUT2D eigenvalue weighted by Gasteiger charge is -2.11. The van der Waals surface area contributed by atoms with E-state index in [9.17, 15) is 13.2 Å². The van der Waals surface area contributed by atoms with Crippen molar-refractivity contribution in [1.29, 1.82) is 0 Å². The largest absolute Gasteiger partial charge is 0.492 e. The molecular formula is C26H27N3O5S2. The number of carbonyl (C=O) groups is 1. The molecule has 0 radical (unpaired) electrons. The Morgan fingerprint density at radius 3 is 2.53 bits per heavy atom. The van der Waals surface area contributed by atoms with Crippen molar-refractivity contribution in [2.75, 3.05) is 25.0 Å². The molecule has 36 heavy (non-hydrogen) atoms. The highest BCUT2D eigenvalue weighted by molar-refractivity contribution is 7.92. The van der Waals surface area contributed by atoms with Crippen LogP contribution in [0.3, 0.4) is 0 Å². The molecule has 0 bridgehead atoms. The van der Waals surface area contributed by atoms with Crippen LogP contribution in [0.1, 0.15) is 22.8 Å². The number of aryl methyl sites for hydroxylation is 1. The van der Waals surface area contributed by atoms with E-state index in [-0.39, 0.29) is 16.1 Å². The number of para-hydroxylation sites is 2. The van der Waals surface area contributed by atoms with Gasteiger partial charge in [-0.1, -0.05) is 47.2 Å². The second-order valence-corrected chi connectivity index (χ2v) is 10.6. The minimum atomic E-state index is -3.89. The van der Waals surface area contributed by atoms with Gasteiger partial charge in [0.15, 0.2) is 4.80 Å². The first-order valence-electron chi connectivity index (χ1n) is 11.4. The molecule has 1 N–H and O–H groups in total. The number of rotatable bonds is 9. The van der Waals surface area contributed by atoms with Gasteiger partial charge in [-0.05, 0) is 50.2 Å². The van der Waals surface area contributed by atoms with Crippen LogP contribution < -0.4 is 14.3 Å². The number of fused-ring (bicyclic) bond motifs is 1. The van der Waals surface area contributed by atoms with Crippen LogP contribution in [-0.4, -0.2) is 39.2 Å². The van der Waals surface area contributed by atoms with E-state index in [0.717, 1.165) is 15.8 Å². The summed E-state index contributed by atoms with van der Waals surface area (Å²) in [7, 11) is -2.28. The SMILES string of the molecule is CCOc1cccc2sc(=NC(=O)c3ccccc3NS(=O)(=O)c3ccc(C)cc3)n(CCOC)c12. The molecule has 0 aliphatic heterocycles. The first kappa shape index (κ1) is 25.6. The van der Waals surface area contributed by atoms with Gasteiger partial charge in [0.1, 0.15) is 11.3 Å². The third-order valence-electron chi connectivity index (χ3n) is 5.41. The molecule has 3 aromatic carbocycles. The van der Waals surface area contributed by atoms with Gasteiger partial charge in [0.2, 0.25) is 0 Å². The lowest BCUT2D eigenvalue weighted by atomic mass is 10.2. The lowest BCUT2D eigenvalue weighted by molar-refractivity contribution is 0.0998. The van der Waals surface area contributed by atoms with Gasteiger partial charge in [0, 0.05) is 13.7 Å². The molecule has 0 saturated carbocycles. The summed E-state index contributed by atoms with van der Waals surface area (Å²) in [6.45, 7) is 5.17. The molecule has 0 fully saturated rings. The van der Waals surface area contributed by atoms with Gasteiger partial charge in [-0.3, -0.25) is 9.52 Å². The highest BCUT2D eigenvalue weighted by atomic mass is 32.2. The van der Waals surface area contributed by atoms with E-state index in [1.807, 2.05) is 36.6 Å². The lowest BCUT2D eigenvalue weighted by Crippen LogP contribution is -2.20. The van der Waals surface area contributed by atoms with Gasteiger partial charge in [-0.25, -0.2) is 8.42 Å². The molecule has 10 heteroatoms. The second kappa shape index (κ2) is 11.1. The third-order valence-corrected chi connectivity index (χ3v) is 7.84. The van der Waals surface area contributed by atoms with E-state index in [4.69, 9.17) is 9.47 Å². The van der Waals surface area contributed by atoms with Crippen molar-refractivity contribution in [2.45, 2.75) is 25.3 Å². The summed E-state index contributed by atoms with van der Waals surface area (Å²) in [5, 5.41) is 0. The topological polar surface area (TPSA) is 99.0 Å². The Labute approximate surface area is 213 Å². The van der Waals surface area contributed by atoms with Crippen molar-refractivity contribution < 1.29 is 22.7 Å². The van der Waals surface area contributed by atoms with Crippen molar-refractivity contribution in [3.05, 3.63) is 82.7 Å². The van der Waals surface area contributed by atoms with Crippen molar-refractivity contribution in [3.8, 4) is 5.75 Å². The zero-order valence-electron chi connectivity index (χ0n) is 20.2. The Balaban J connectivity index is 1.76. The Morgan fingerprint density at radius 2 is 1.81 bits per heavy atom. The van der Waals surface area contributed by atoms with Gasteiger partial charge in [-0.2, -0.15) is 4.99 Å². The van der Waals surface area contributed by atoms with Gasteiger partial charge < -0.3 is 14.0 Å². The monoisotopic (exact) mass is 525 g/mol. The van der Waals surface area contributed by atoms with Gasteiger partial charge in [0.25, 0.3) is 15.9 Å². The molecule has 0 atom stereocenters. The number of thiazole rings is 1. The second-order valence-electron chi connectivity index (χ2n) is 7.95. The maximum absolute atomic E-state index is 13.3. The van der Waals surface area contributed by atoms with Gasteiger partial charge >= 0.3 is 0 Å². The number of carbonyl (C=O) groups excluding carboxylic acids is 1. The average molecular weight is 526 g/mol. The highest BCUT2D eigenvalue weighted by Gasteiger charge is 2.19. The quantitative estimate of drug-likeness (QED) is 0.344. The zero-order valence-corrected chi connectivity index (χ0v) is 21.9. The number of aromatic nitrogens is 1. The summed E-state index contributed by atoms with van der Waals surface area (Å²) in [6, 6.07) is 18.6. The van der Waals surface area contributed by atoms with E-state index in [2.05, 4.69) is 9.71 Å². The average Bonchev–Trinajstić information content (AvgIpc) is 3.21.